The summed E-state index contributed by atoms with van der Waals surface area (Å²) in [7, 11) is 3.85. The Hall–Kier alpha value is -5.94. The van der Waals surface area contributed by atoms with Crippen LogP contribution >= 0.6 is 0 Å². The Morgan fingerprint density at radius 1 is 0.741 bits per heavy atom. The number of aromatic nitrogens is 4. The van der Waals surface area contributed by atoms with Crippen molar-refractivity contribution in [1.82, 2.24) is 45.3 Å². The molecule has 5 unspecified atom stereocenters. The molecule has 5 N–H and O–H groups in total. The first kappa shape index (κ1) is 41.7. The molecule has 4 aromatic rings. The van der Waals surface area contributed by atoms with E-state index in [1.165, 1.54) is 26.2 Å². The van der Waals surface area contributed by atoms with E-state index in [2.05, 4.69) is 30.6 Å². The molecule has 2 aliphatic rings. The Kier molecular flexibility index (Phi) is 13.0. The molecule has 310 valence electrons. The van der Waals surface area contributed by atoms with E-state index in [1.807, 2.05) is 76.2 Å². The molecule has 0 saturated carbocycles. The number of nitrogens with one attached hydrogen (secondary N) is 4. The standard InChI is InChI=1S/C41H53N9O8/c1-23(2)33(46-39(53)56-5)37(51)49-18-8-9-31(49)35-42-19-29(44-35)27-14-10-25(11-15-27)26-12-16-28(17-13-26)30-20-43-36(45-30)32-21-48(41(55)58-7)22-50(32)38(52)34(24(3)4)47-40(54)57-6/h10-17,19-20,23-24,31-34,38,52H,8-9,18,21-22H2,1-7H3,(H,42,44)(H,43,45)(H,46,53)(H,47,54). The lowest BCUT2D eigenvalue weighted by molar-refractivity contribution is -0.135. The van der Waals surface area contributed by atoms with Crippen molar-refractivity contribution in [3.8, 4) is 33.6 Å². The number of benzene rings is 2. The molecule has 4 amide bonds. The van der Waals surface area contributed by atoms with Gasteiger partial charge in [0, 0.05) is 13.1 Å². The van der Waals surface area contributed by atoms with Gasteiger partial charge in [0.15, 0.2) is 0 Å². The molecular weight excluding hydrogens is 747 g/mol. The van der Waals surface area contributed by atoms with Crippen LogP contribution in [0.15, 0.2) is 60.9 Å². The molecule has 4 heterocycles. The molecule has 17 heteroatoms. The number of aliphatic hydroxyl groups is 1. The van der Waals surface area contributed by atoms with Crippen LogP contribution in [0.5, 0.6) is 0 Å². The number of aliphatic hydroxyl groups excluding tert-OH is 1. The smallest absolute Gasteiger partial charge is 0.410 e. The number of hydrogen-bond acceptors (Lipinski definition) is 11. The molecule has 6 rings (SSSR count). The van der Waals surface area contributed by atoms with Crippen LogP contribution in [0.2, 0.25) is 0 Å². The highest BCUT2D eigenvalue weighted by Crippen LogP contribution is 2.35. The van der Waals surface area contributed by atoms with Crippen molar-refractivity contribution in [2.45, 2.75) is 70.9 Å². The van der Waals surface area contributed by atoms with Crippen molar-refractivity contribution >= 4 is 24.2 Å². The van der Waals surface area contributed by atoms with Gasteiger partial charge < -0.3 is 44.8 Å². The average molecular weight is 800 g/mol. The monoisotopic (exact) mass is 799 g/mol. The number of ether oxygens (including phenoxy) is 3. The fourth-order valence-corrected chi connectivity index (χ4v) is 7.61. The van der Waals surface area contributed by atoms with Gasteiger partial charge in [-0.15, -0.1) is 0 Å². The third-order valence-electron chi connectivity index (χ3n) is 10.9. The molecule has 0 spiro atoms. The largest absolute Gasteiger partial charge is 0.453 e. The maximum atomic E-state index is 13.5. The highest BCUT2D eigenvalue weighted by Gasteiger charge is 2.43. The van der Waals surface area contributed by atoms with Crippen LogP contribution < -0.4 is 10.6 Å². The number of rotatable bonds is 12. The summed E-state index contributed by atoms with van der Waals surface area (Å²) >= 11 is 0. The lowest BCUT2D eigenvalue weighted by atomic mass is 10.0. The number of imidazole rings is 2. The summed E-state index contributed by atoms with van der Waals surface area (Å²) in [6.45, 7) is 8.38. The summed E-state index contributed by atoms with van der Waals surface area (Å²) in [6, 6.07) is 14.1. The Bertz CT molecular complexity index is 2050. The number of H-pyrrole nitrogens is 2. The third-order valence-corrected chi connectivity index (χ3v) is 10.9. The SMILES string of the molecule is COC(=O)NC(C(=O)N1CCCC1c1ncc(-c2ccc(-c3ccc(-c4cnc(C5CN(C(=O)OC)CN5C(O)C(NC(=O)OC)C(C)C)[nH]4)cc3)cc2)[nH]1)C(C)C. The molecule has 0 bridgehead atoms. The van der Waals surface area contributed by atoms with E-state index in [0.717, 1.165) is 46.5 Å². The first-order valence-electron chi connectivity index (χ1n) is 19.4. The zero-order chi connectivity index (χ0) is 41.7. The summed E-state index contributed by atoms with van der Waals surface area (Å²) in [4.78, 5) is 71.2. The Labute approximate surface area is 337 Å². The number of hydrogen-bond donors (Lipinski definition) is 5. The van der Waals surface area contributed by atoms with Crippen molar-refractivity contribution in [1.29, 1.82) is 0 Å². The van der Waals surface area contributed by atoms with Crippen molar-refractivity contribution in [3.63, 3.8) is 0 Å². The number of carbonyl (C=O) groups excluding carboxylic acids is 4. The van der Waals surface area contributed by atoms with Crippen molar-refractivity contribution in [3.05, 3.63) is 72.6 Å². The highest BCUT2D eigenvalue weighted by molar-refractivity contribution is 5.86. The predicted molar refractivity (Wildman–Crippen MR) is 214 cm³/mol. The summed E-state index contributed by atoms with van der Waals surface area (Å²) < 4.78 is 14.5. The summed E-state index contributed by atoms with van der Waals surface area (Å²) in [6.07, 6.45) is 2.10. The molecule has 2 saturated heterocycles. The molecule has 58 heavy (non-hydrogen) atoms. The molecule has 2 fully saturated rings. The molecule has 5 atom stereocenters. The highest BCUT2D eigenvalue weighted by atomic mass is 16.5. The van der Waals surface area contributed by atoms with Crippen molar-refractivity contribution in [2.24, 2.45) is 11.8 Å². The minimum absolute atomic E-state index is 0.0618. The van der Waals surface area contributed by atoms with Crippen LogP contribution in [0, 0.1) is 11.8 Å². The number of amides is 4. The second kappa shape index (κ2) is 18.1. The number of aromatic amines is 2. The van der Waals surface area contributed by atoms with Gasteiger partial charge in [0.05, 0.1) is 69.9 Å². The first-order chi connectivity index (χ1) is 27.8. The molecule has 2 aromatic heterocycles. The summed E-state index contributed by atoms with van der Waals surface area (Å²) in [5.41, 5.74) is 5.47. The van der Waals surface area contributed by atoms with Gasteiger partial charge in [-0.25, -0.2) is 29.3 Å². The van der Waals surface area contributed by atoms with Crippen LogP contribution in [-0.2, 0) is 19.0 Å². The summed E-state index contributed by atoms with van der Waals surface area (Å²) in [5.74, 6) is 0.823. The molecule has 0 aliphatic carbocycles. The number of carbonyl (C=O) groups is 4. The maximum Gasteiger partial charge on any atom is 0.410 e. The number of methoxy groups -OCH3 is 3. The second-order valence-corrected chi connectivity index (χ2v) is 15.2. The van der Waals surface area contributed by atoms with E-state index in [1.54, 1.807) is 22.2 Å². The summed E-state index contributed by atoms with van der Waals surface area (Å²) in [5, 5.41) is 16.9. The Morgan fingerprint density at radius 3 is 1.76 bits per heavy atom. The lowest BCUT2D eigenvalue weighted by Gasteiger charge is -2.35. The van der Waals surface area contributed by atoms with Crippen LogP contribution in [-0.4, -0.2) is 123 Å². The zero-order valence-corrected chi connectivity index (χ0v) is 33.9. The van der Waals surface area contributed by atoms with E-state index in [0.29, 0.717) is 18.2 Å². The van der Waals surface area contributed by atoms with E-state index >= 15 is 0 Å². The zero-order valence-electron chi connectivity index (χ0n) is 33.9. The molecule has 2 aromatic carbocycles. The minimum atomic E-state index is -1.16. The van der Waals surface area contributed by atoms with Gasteiger partial charge in [-0.05, 0) is 46.9 Å². The van der Waals surface area contributed by atoms with Crippen LogP contribution in [0.4, 0.5) is 14.4 Å². The Balaban J connectivity index is 1.14. The minimum Gasteiger partial charge on any atom is -0.453 e. The van der Waals surface area contributed by atoms with Crippen LogP contribution in [0.1, 0.15) is 64.3 Å². The fraction of sp³-hybridized carbons (Fsp3) is 0.463. The van der Waals surface area contributed by atoms with Gasteiger partial charge >= 0.3 is 18.3 Å². The third kappa shape index (κ3) is 8.95. The molecule has 17 nitrogen and oxygen atoms in total. The molecule has 0 radical (unpaired) electrons. The maximum absolute atomic E-state index is 13.5. The predicted octanol–water partition coefficient (Wildman–Crippen LogP) is 5.26. The van der Waals surface area contributed by atoms with Gasteiger partial charge in [-0.2, -0.15) is 0 Å². The number of nitrogens with zero attached hydrogens (tertiary/aromatic N) is 5. The lowest BCUT2D eigenvalue weighted by Crippen LogP contribution is -2.54. The first-order valence-corrected chi connectivity index (χ1v) is 19.4. The second-order valence-electron chi connectivity index (χ2n) is 15.2. The van der Waals surface area contributed by atoms with Crippen LogP contribution in [0.25, 0.3) is 33.6 Å². The normalized spacial score (nSPS) is 18.6. The van der Waals surface area contributed by atoms with Gasteiger partial charge in [0.25, 0.3) is 0 Å². The number of likely N-dealkylation sites (tertiary alicyclic amines) is 1. The fourth-order valence-electron chi connectivity index (χ4n) is 7.61. The van der Waals surface area contributed by atoms with E-state index in [9.17, 15) is 24.3 Å². The van der Waals surface area contributed by atoms with E-state index in [-0.39, 0.29) is 37.0 Å². The van der Waals surface area contributed by atoms with Crippen molar-refractivity contribution < 1.29 is 38.5 Å². The van der Waals surface area contributed by atoms with Gasteiger partial charge in [0.2, 0.25) is 5.91 Å². The Morgan fingerprint density at radius 2 is 1.26 bits per heavy atom. The van der Waals surface area contributed by atoms with Gasteiger partial charge in [-0.3, -0.25) is 9.69 Å². The topological polar surface area (TPSA) is 207 Å². The van der Waals surface area contributed by atoms with E-state index in [4.69, 9.17) is 14.2 Å². The quantitative estimate of drug-likeness (QED) is 0.117. The number of alkyl carbamates (subject to hydrolysis) is 2. The van der Waals surface area contributed by atoms with Gasteiger partial charge in [0.1, 0.15) is 23.9 Å². The molecule has 2 aliphatic heterocycles. The van der Waals surface area contributed by atoms with Crippen LogP contribution in [0.3, 0.4) is 0 Å². The van der Waals surface area contributed by atoms with E-state index < -0.39 is 42.6 Å². The van der Waals surface area contributed by atoms with Crippen molar-refractivity contribution in [2.75, 3.05) is 41.1 Å². The molecular formula is C41H53N9O8. The average Bonchev–Trinajstić information content (AvgIpc) is 4.07. The van der Waals surface area contributed by atoms with Gasteiger partial charge in [-0.1, -0.05) is 76.2 Å².